The van der Waals surface area contributed by atoms with Crippen molar-refractivity contribution in [2.75, 3.05) is 23.0 Å². The van der Waals surface area contributed by atoms with Crippen LogP contribution in [0.25, 0.3) is 20.4 Å². The molecule has 2 aromatic heterocycles. The summed E-state index contributed by atoms with van der Waals surface area (Å²) in [6, 6.07) is 16.2. The van der Waals surface area contributed by atoms with Crippen LogP contribution in [-0.4, -0.2) is 50.9 Å². The lowest BCUT2D eigenvalue weighted by atomic mass is 10.3. The molecule has 2 amide bonds. The van der Waals surface area contributed by atoms with Crippen LogP contribution < -0.4 is 0 Å². The predicted molar refractivity (Wildman–Crippen MR) is 170 cm³/mol. The molecule has 2 heterocycles. The number of aromatic nitrogens is 2. The molecule has 37 heavy (non-hydrogen) atoms. The van der Waals surface area contributed by atoms with Gasteiger partial charge < -0.3 is 0 Å². The Bertz CT molecular complexity index is 1160. The number of amides is 2. The van der Waals surface area contributed by atoms with Crippen LogP contribution in [0.1, 0.15) is 23.9 Å². The van der Waals surface area contributed by atoms with Crippen molar-refractivity contribution in [1.82, 2.24) is 17.4 Å². The summed E-state index contributed by atoms with van der Waals surface area (Å²) in [7, 11) is 0. The Morgan fingerprint density at radius 3 is 1.54 bits per heavy atom. The highest BCUT2D eigenvalue weighted by Gasteiger charge is 2.24. The van der Waals surface area contributed by atoms with E-state index in [1.807, 2.05) is 50.2 Å². The van der Waals surface area contributed by atoms with E-state index in [-0.39, 0.29) is 10.5 Å². The van der Waals surface area contributed by atoms with E-state index in [2.05, 4.69) is 22.1 Å². The molecule has 0 radical (unpaired) electrons. The summed E-state index contributed by atoms with van der Waals surface area (Å²) in [5.74, 6) is 2.94. The first-order valence-electron chi connectivity index (χ1n) is 11.6. The molecule has 13 heteroatoms. The van der Waals surface area contributed by atoms with Crippen LogP contribution in [-0.2, 0) is 12.8 Å². The van der Waals surface area contributed by atoms with Gasteiger partial charge in [0.25, 0.3) is 0 Å². The van der Waals surface area contributed by atoms with Crippen LogP contribution in [0.4, 0.5) is 9.59 Å². The number of fused-ring (bicyclic) bond motifs is 2. The maximum absolute atomic E-state index is 13.0. The summed E-state index contributed by atoms with van der Waals surface area (Å²) in [6.45, 7) is 4.01. The van der Waals surface area contributed by atoms with E-state index in [1.165, 1.54) is 57.2 Å². The molecule has 0 aliphatic carbocycles. The summed E-state index contributed by atoms with van der Waals surface area (Å²) in [4.78, 5) is 35.3. The number of benzene rings is 2. The van der Waals surface area contributed by atoms with E-state index in [4.69, 9.17) is 0 Å². The lowest BCUT2D eigenvalue weighted by molar-refractivity contribution is 0.255. The normalized spacial score (nSPS) is 11.3. The zero-order chi connectivity index (χ0) is 26.0. The topological polar surface area (TPSA) is 66.4 Å². The van der Waals surface area contributed by atoms with Gasteiger partial charge >= 0.3 is 10.5 Å². The molecule has 0 saturated heterocycles. The summed E-state index contributed by atoms with van der Waals surface area (Å²) < 4.78 is 5.62. The van der Waals surface area contributed by atoms with Crippen molar-refractivity contribution in [2.24, 2.45) is 0 Å². The predicted octanol–water partition coefficient (Wildman–Crippen LogP) is 8.90. The lowest BCUT2D eigenvalue weighted by Crippen LogP contribution is -2.20. The van der Waals surface area contributed by atoms with Gasteiger partial charge in [-0.3, -0.25) is 9.59 Å². The fourth-order valence-corrected chi connectivity index (χ4v) is 10.2. The van der Waals surface area contributed by atoms with Crippen LogP contribution in [0.15, 0.2) is 48.5 Å². The Labute approximate surface area is 246 Å². The van der Waals surface area contributed by atoms with Crippen LogP contribution in [0, 0.1) is 0 Å². The van der Waals surface area contributed by atoms with E-state index in [0.717, 1.165) is 68.7 Å². The van der Waals surface area contributed by atoms with Crippen molar-refractivity contribution in [3.05, 3.63) is 58.5 Å². The monoisotopic (exact) mass is 626 g/mol. The zero-order valence-electron chi connectivity index (χ0n) is 20.3. The highest BCUT2D eigenvalue weighted by molar-refractivity contribution is 8.30. The molecule has 0 aliphatic rings. The molecular weight excluding hydrogens is 601 g/mol. The van der Waals surface area contributed by atoms with Crippen molar-refractivity contribution in [2.45, 2.75) is 26.7 Å². The summed E-state index contributed by atoms with van der Waals surface area (Å²) in [5, 5.41) is 1.61. The molecule has 196 valence electrons. The third-order valence-corrected chi connectivity index (χ3v) is 12.2. The average Bonchev–Trinajstić information content (AvgIpc) is 3.50. The zero-order valence-corrected chi connectivity index (χ0v) is 26.0. The number of hydrogen-bond acceptors (Lipinski definition) is 11. The van der Waals surface area contributed by atoms with E-state index < -0.39 is 0 Å². The van der Waals surface area contributed by atoms with Gasteiger partial charge in [0, 0.05) is 47.6 Å². The Balaban J connectivity index is 1.26. The van der Waals surface area contributed by atoms with Crippen molar-refractivity contribution < 1.29 is 9.59 Å². The van der Waals surface area contributed by atoms with Crippen LogP contribution in [0.2, 0.25) is 0 Å². The van der Waals surface area contributed by atoms with Gasteiger partial charge in [0.1, 0.15) is 0 Å². The molecule has 6 nitrogen and oxygen atoms in total. The van der Waals surface area contributed by atoms with Gasteiger partial charge in [0.05, 0.1) is 30.4 Å². The first-order chi connectivity index (χ1) is 18.1. The van der Waals surface area contributed by atoms with Crippen molar-refractivity contribution in [1.29, 1.82) is 0 Å². The standard InChI is InChI=1S/C24H26N4O2S7/c1-3-31-27(33-15-13-21-25-17-9-5-7-11-19(17)35-21)23(29)37-24(30)28(32-4-2)34-16-14-22-26-18-10-6-8-12-20(18)36-22/h5-12H,3-4,13-16H2,1-2H3. The molecule has 4 aromatic rings. The van der Waals surface area contributed by atoms with Crippen molar-refractivity contribution >= 4 is 113 Å². The van der Waals surface area contributed by atoms with Crippen molar-refractivity contribution in [3.8, 4) is 0 Å². The van der Waals surface area contributed by atoms with Crippen LogP contribution >= 0.6 is 82.2 Å². The molecule has 0 saturated carbocycles. The molecule has 2 aromatic carbocycles. The number of para-hydroxylation sites is 2. The second-order valence-electron chi connectivity index (χ2n) is 7.30. The van der Waals surface area contributed by atoms with E-state index in [1.54, 1.807) is 30.1 Å². The molecule has 0 aliphatic heterocycles. The molecule has 4 rings (SSSR count). The largest absolute Gasteiger partial charge is 0.311 e. The van der Waals surface area contributed by atoms with E-state index >= 15 is 0 Å². The number of thiazole rings is 2. The Morgan fingerprint density at radius 2 is 1.14 bits per heavy atom. The maximum atomic E-state index is 13.0. The summed E-state index contributed by atoms with van der Waals surface area (Å²) in [6.07, 6.45) is 1.55. The average molecular weight is 627 g/mol. The number of hydrogen-bond donors (Lipinski definition) is 0. The Morgan fingerprint density at radius 1 is 0.703 bits per heavy atom. The highest BCUT2D eigenvalue weighted by Crippen LogP contribution is 2.34. The van der Waals surface area contributed by atoms with Gasteiger partial charge in [-0.2, -0.15) is 0 Å². The third-order valence-electron chi connectivity index (χ3n) is 4.69. The number of nitrogens with zero attached hydrogens (tertiary/aromatic N) is 4. The summed E-state index contributed by atoms with van der Waals surface area (Å²) >= 11 is 9.88. The van der Waals surface area contributed by atoms with Crippen LogP contribution in [0.3, 0.4) is 0 Å². The highest BCUT2D eigenvalue weighted by atomic mass is 32.2. The van der Waals surface area contributed by atoms with E-state index in [0.29, 0.717) is 0 Å². The van der Waals surface area contributed by atoms with Crippen LogP contribution in [0.5, 0.6) is 0 Å². The number of thioether (sulfide) groups is 1. The second kappa shape index (κ2) is 14.9. The smallest absolute Gasteiger partial charge is 0.259 e. The first-order valence-corrected chi connectivity index (χ1v) is 17.9. The first kappa shape index (κ1) is 28.9. The van der Waals surface area contributed by atoms with E-state index in [9.17, 15) is 9.59 Å². The quantitative estimate of drug-likeness (QED) is 0.143. The van der Waals surface area contributed by atoms with Gasteiger partial charge in [0.15, 0.2) is 0 Å². The molecule has 0 N–H and O–H groups in total. The number of rotatable bonds is 12. The number of aryl methyl sites for hydroxylation is 2. The summed E-state index contributed by atoms with van der Waals surface area (Å²) in [5.41, 5.74) is 2.03. The minimum atomic E-state index is -0.250. The molecule has 0 atom stereocenters. The lowest BCUT2D eigenvalue weighted by Gasteiger charge is -2.21. The van der Waals surface area contributed by atoms with Crippen molar-refractivity contribution in [3.63, 3.8) is 0 Å². The molecule has 0 spiro atoms. The maximum Gasteiger partial charge on any atom is 0.311 e. The third kappa shape index (κ3) is 8.45. The van der Waals surface area contributed by atoms with Gasteiger partial charge in [-0.1, -0.05) is 38.1 Å². The molecule has 0 fully saturated rings. The second-order valence-corrected chi connectivity index (χ2v) is 15.4. The fraction of sp³-hybridized carbons (Fsp3) is 0.333. The SMILES string of the molecule is CCSN(SCCc1nc2ccccc2s1)C(=O)SC(=O)N(SCC)SCCc1nc2ccccc2s1. The molecule has 0 unspecified atom stereocenters. The fourth-order valence-electron chi connectivity index (χ4n) is 3.15. The minimum Gasteiger partial charge on any atom is -0.259 e. The molecular formula is C24H26N4O2S7. The number of carbonyl (C=O) groups excluding carboxylic acids is 2. The Kier molecular flexibility index (Phi) is 11.6. The van der Waals surface area contributed by atoms with Gasteiger partial charge in [0.2, 0.25) is 0 Å². The minimum absolute atomic E-state index is 0.250. The Hall–Kier alpha value is -1.09. The van der Waals surface area contributed by atoms with Gasteiger partial charge in [-0.05, 0) is 72.1 Å². The molecule has 0 bridgehead atoms. The number of carbonyl (C=O) groups is 2. The van der Waals surface area contributed by atoms with Gasteiger partial charge in [-0.25, -0.2) is 17.4 Å². The van der Waals surface area contributed by atoms with Gasteiger partial charge in [-0.15, -0.1) is 22.7 Å².